The molecule has 0 saturated carbocycles. The number of hydrazone groups is 1. The molecule has 0 spiro atoms. The third-order valence-electron chi connectivity index (χ3n) is 2.44. The van der Waals surface area contributed by atoms with Crippen molar-refractivity contribution in [2.75, 3.05) is 18.0 Å². The summed E-state index contributed by atoms with van der Waals surface area (Å²) in [6.45, 7) is 0. The first-order chi connectivity index (χ1) is 11.5. The number of hydrogen-bond donors (Lipinski definition) is 3. The summed E-state index contributed by atoms with van der Waals surface area (Å²) in [4.78, 5) is 12.9. The number of anilines is 2. The summed E-state index contributed by atoms with van der Waals surface area (Å²) in [5.74, 6) is -0.508. The average Bonchev–Trinajstić information content (AvgIpc) is 2.59. The first kappa shape index (κ1) is 20.1. The van der Waals surface area contributed by atoms with Crippen molar-refractivity contribution >= 4 is 58.5 Å². The van der Waals surface area contributed by atoms with E-state index in [9.17, 15) is 4.79 Å². The Labute approximate surface area is 154 Å². The second-order valence-electron chi connectivity index (χ2n) is 4.13. The second-order valence-corrected chi connectivity index (χ2v) is 5.19. The second kappa shape index (κ2) is 11.5. The fraction of sp³-hybridized carbons (Fsp3) is 0.0667. The zero-order chi connectivity index (χ0) is 17.8. The van der Waals surface area contributed by atoms with Gasteiger partial charge in [0, 0.05) is 10.0 Å². The molecule has 2 aromatic carbocycles. The Balaban J connectivity index is 0.000000254. The molecular weight excluding hydrogens is 375 g/mol. The fourth-order valence-corrected chi connectivity index (χ4v) is 1.69. The molecular formula is C15H15Cl3N4O2. The highest BCUT2D eigenvalue weighted by molar-refractivity contribution is 6.30. The van der Waals surface area contributed by atoms with Gasteiger partial charge in [0.1, 0.15) is 6.21 Å². The molecule has 0 aliphatic rings. The van der Waals surface area contributed by atoms with Crippen LogP contribution >= 0.6 is 35.0 Å². The molecule has 0 heterocycles. The normalized spacial score (nSPS) is 9.83. The van der Waals surface area contributed by atoms with Crippen LogP contribution in [0.4, 0.5) is 11.4 Å². The lowest BCUT2D eigenvalue weighted by Gasteiger charge is -2.00. The zero-order valence-electron chi connectivity index (χ0n) is 12.6. The minimum atomic E-state index is -0.508. The number of hydrogen-bond acceptors (Lipinski definition) is 6. The number of carbonyl (C=O) groups is 1. The lowest BCUT2D eigenvalue weighted by Crippen LogP contribution is -2.07. The number of nitrogens with zero attached hydrogens (tertiary/aromatic N) is 1. The fourth-order valence-electron chi connectivity index (χ4n) is 1.32. The molecule has 0 aliphatic carbocycles. The van der Waals surface area contributed by atoms with Crippen LogP contribution in [0.25, 0.3) is 0 Å². The van der Waals surface area contributed by atoms with Gasteiger partial charge in [0.25, 0.3) is 0 Å². The Hall–Kier alpha value is -1.99. The van der Waals surface area contributed by atoms with E-state index in [1.54, 1.807) is 36.4 Å². The van der Waals surface area contributed by atoms with Crippen molar-refractivity contribution in [2.24, 2.45) is 5.10 Å². The van der Waals surface area contributed by atoms with Gasteiger partial charge in [-0.25, -0.2) is 4.79 Å². The molecule has 0 aromatic heterocycles. The number of esters is 1. The third-order valence-corrected chi connectivity index (χ3v) is 3.04. The summed E-state index contributed by atoms with van der Waals surface area (Å²) >= 11 is 16.5. The minimum absolute atomic E-state index is 0.508. The smallest absolute Gasteiger partial charge is 0.350 e. The van der Waals surface area contributed by atoms with Crippen LogP contribution in [0.2, 0.25) is 10.0 Å². The van der Waals surface area contributed by atoms with Crippen LogP contribution in [0, 0.1) is 0 Å². The maximum absolute atomic E-state index is 10.6. The summed E-state index contributed by atoms with van der Waals surface area (Å²) in [6.07, 6.45) is 1.05. The number of rotatable bonds is 5. The van der Waals surface area contributed by atoms with E-state index in [0.29, 0.717) is 10.0 Å². The third kappa shape index (κ3) is 8.59. The van der Waals surface area contributed by atoms with Crippen molar-refractivity contribution < 1.29 is 9.53 Å². The molecule has 0 saturated heterocycles. The molecule has 0 amide bonds. The number of benzene rings is 2. The molecule has 0 bridgehead atoms. The predicted octanol–water partition coefficient (Wildman–Crippen LogP) is 4.32. The Morgan fingerprint density at radius 1 is 1.00 bits per heavy atom. The Kier molecular flexibility index (Phi) is 9.64. The van der Waals surface area contributed by atoms with Gasteiger partial charge < -0.3 is 10.2 Å². The number of hydrazine groups is 1. The van der Waals surface area contributed by atoms with Crippen molar-refractivity contribution in [3.8, 4) is 0 Å². The molecule has 0 unspecified atom stereocenters. The SMILES string of the molecule is COC(=O)/C=N/Nc1ccc(Cl)cc1.ClNNc1ccc(Cl)cc1. The van der Waals surface area contributed by atoms with Crippen molar-refractivity contribution in [1.29, 1.82) is 0 Å². The van der Waals surface area contributed by atoms with Crippen molar-refractivity contribution in [3.63, 3.8) is 0 Å². The quantitative estimate of drug-likeness (QED) is 0.307. The Morgan fingerprint density at radius 2 is 1.50 bits per heavy atom. The summed E-state index contributed by atoms with van der Waals surface area (Å²) in [5.41, 5.74) is 6.96. The van der Waals surface area contributed by atoms with Crippen LogP contribution in [0.3, 0.4) is 0 Å². The summed E-state index contributed by atoms with van der Waals surface area (Å²) < 4.78 is 4.36. The average molecular weight is 390 g/mol. The minimum Gasteiger partial charge on any atom is -0.465 e. The highest BCUT2D eigenvalue weighted by Gasteiger charge is 1.92. The topological polar surface area (TPSA) is 74.8 Å². The largest absolute Gasteiger partial charge is 0.465 e. The number of methoxy groups -OCH3 is 1. The predicted molar refractivity (Wildman–Crippen MR) is 99.6 cm³/mol. The summed E-state index contributed by atoms with van der Waals surface area (Å²) in [5, 5.41) is 5.00. The molecule has 2 rings (SSSR count). The molecule has 0 atom stereocenters. The number of halogens is 3. The van der Waals surface area contributed by atoms with Crippen LogP contribution in [0.15, 0.2) is 53.6 Å². The molecule has 0 radical (unpaired) electrons. The van der Waals surface area contributed by atoms with Gasteiger partial charge in [-0.15, -0.1) is 4.94 Å². The number of carbonyl (C=O) groups excluding carboxylic acids is 1. The van der Waals surface area contributed by atoms with Crippen molar-refractivity contribution in [3.05, 3.63) is 58.6 Å². The van der Waals surface area contributed by atoms with Gasteiger partial charge in [-0.05, 0) is 60.3 Å². The van der Waals surface area contributed by atoms with Crippen molar-refractivity contribution in [1.82, 2.24) is 4.94 Å². The van der Waals surface area contributed by atoms with E-state index in [2.05, 4.69) is 25.6 Å². The first-order valence-electron chi connectivity index (χ1n) is 6.55. The Morgan fingerprint density at radius 3 is 1.96 bits per heavy atom. The Bertz CT molecular complexity index is 649. The molecule has 128 valence electrons. The van der Waals surface area contributed by atoms with Gasteiger partial charge in [0.15, 0.2) is 0 Å². The molecule has 0 fully saturated rings. The van der Waals surface area contributed by atoms with Crippen LogP contribution in [-0.2, 0) is 9.53 Å². The van der Waals surface area contributed by atoms with Gasteiger partial charge in [-0.1, -0.05) is 23.2 Å². The first-order valence-corrected chi connectivity index (χ1v) is 7.68. The van der Waals surface area contributed by atoms with Crippen LogP contribution in [-0.4, -0.2) is 19.3 Å². The molecule has 9 heteroatoms. The van der Waals surface area contributed by atoms with E-state index in [4.69, 9.17) is 35.0 Å². The highest BCUT2D eigenvalue weighted by Crippen LogP contribution is 2.13. The number of nitrogens with one attached hydrogen (secondary N) is 3. The van der Waals surface area contributed by atoms with Crippen LogP contribution < -0.4 is 15.8 Å². The molecule has 2 aromatic rings. The highest BCUT2D eigenvalue weighted by atomic mass is 35.5. The molecule has 6 nitrogen and oxygen atoms in total. The van der Waals surface area contributed by atoms with E-state index in [0.717, 1.165) is 17.6 Å². The van der Waals surface area contributed by atoms with E-state index in [1.165, 1.54) is 7.11 Å². The summed E-state index contributed by atoms with van der Waals surface area (Å²) in [7, 11) is 1.29. The summed E-state index contributed by atoms with van der Waals surface area (Å²) in [6, 6.07) is 14.1. The zero-order valence-corrected chi connectivity index (χ0v) is 14.9. The van der Waals surface area contributed by atoms with Gasteiger partial charge >= 0.3 is 5.97 Å². The van der Waals surface area contributed by atoms with Gasteiger partial charge in [-0.3, -0.25) is 5.43 Å². The van der Waals surface area contributed by atoms with Gasteiger partial charge in [0.2, 0.25) is 0 Å². The van der Waals surface area contributed by atoms with Crippen LogP contribution in [0.5, 0.6) is 0 Å². The lowest BCUT2D eigenvalue weighted by atomic mass is 10.3. The standard InChI is InChI=1S/C9H9ClN2O2.C6H6Cl2N2/c1-14-9(13)6-11-12-8-4-2-7(10)3-5-8;7-5-1-3-6(4-2-5)9-10-8/h2-6,12H,1H3;1-4,9-10H/b11-6+;. The van der Waals surface area contributed by atoms with Crippen LogP contribution in [0.1, 0.15) is 0 Å². The number of ether oxygens (including phenoxy) is 1. The van der Waals surface area contributed by atoms with E-state index in [1.807, 2.05) is 12.1 Å². The van der Waals surface area contributed by atoms with E-state index < -0.39 is 5.97 Å². The maximum atomic E-state index is 10.6. The lowest BCUT2D eigenvalue weighted by molar-refractivity contribution is -0.132. The van der Waals surface area contributed by atoms with Gasteiger partial charge in [-0.2, -0.15) is 5.10 Å². The molecule has 0 aliphatic heterocycles. The monoisotopic (exact) mass is 388 g/mol. The van der Waals surface area contributed by atoms with Crippen molar-refractivity contribution in [2.45, 2.75) is 0 Å². The van der Waals surface area contributed by atoms with E-state index >= 15 is 0 Å². The molecule has 3 N–H and O–H groups in total. The maximum Gasteiger partial charge on any atom is 0.350 e. The van der Waals surface area contributed by atoms with E-state index in [-0.39, 0.29) is 0 Å². The van der Waals surface area contributed by atoms with Gasteiger partial charge in [0.05, 0.1) is 18.5 Å². The molecule has 24 heavy (non-hydrogen) atoms.